The summed E-state index contributed by atoms with van der Waals surface area (Å²) in [6, 6.07) is 36.0. The van der Waals surface area contributed by atoms with E-state index < -0.39 is 0 Å². The first-order chi connectivity index (χ1) is 15.3. The van der Waals surface area contributed by atoms with Gasteiger partial charge in [-0.15, -0.1) is 95.0 Å². The number of aliphatic imine (C=N–C) groups is 1. The molecule has 0 fully saturated rings. The molecule has 1 aliphatic rings. The summed E-state index contributed by atoms with van der Waals surface area (Å²) in [7, 11) is 1.53. The van der Waals surface area contributed by atoms with Crippen molar-refractivity contribution < 1.29 is 21.1 Å². The summed E-state index contributed by atoms with van der Waals surface area (Å²) >= 11 is 0. The van der Waals surface area contributed by atoms with Gasteiger partial charge < -0.3 is 29.8 Å². The van der Waals surface area contributed by atoms with Crippen LogP contribution < -0.4 is 0 Å². The van der Waals surface area contributed by atoms with Gasteiger partial charge in [-0.3, -0.25) is 0 Å². The van der Waals surface area contributed by atoms with Crippen molar-refractivity contribution in [3.8, 4) is 22.3 Å². The van der Waals surface area contributed by atoms with Gasteiger partial charge in [0.05, 0.1) is 0 Å². The van der Waals surface area contributed by atoms with Crippen LogP contribution >= 0.6 is 0 Å². The number of para-hydroxylation sites is 2. The molecule has 3 nitrogen and oxygen atoms in total. The fraction of sp³-hybridized carbons (Fsp3) is 0.103. The van der Waals surface area contributed by atoms with Crippen LogP contribution in [0, 0.1) is 19.6 Å². The van der Waals surface area contributed by atoms with Crippen LogP contribution in [0.3, 0.4) is 0 Å². The second kappa shape index (κ2) is 12.8. The van der Waals surface area contributed by atoms with Crippen molar-refractivity contribution >= 4 is 18.1 Å². The zero-order valence-electron chi connectivity index (χ0n) is 18.7. The largest absolute Gasteiger partial charge is 0.689 e. The first kappa shape index (κ1) is 26.1. The average Bonchev–Trinajstić information content (AvgIpc) is 2.82. The molecule has 33 heavy (non-hydrogen) atoms. The number of hydrogen-bond acceptors (Lipinski definition) is 1. The topological polar surface area (TPSA) is 40.6 Å². The summed E-state index contributed by atoms with van der Waals surface area (Å²) in [5.41, 5.74) is 8.38. The van der Waals surface area contributed by atoms with Gasteiger partial charge in [0, 0.05) is 21.1 Å². The molecule has 4 aromatic rings. The van der Waals surface area contributed by atoms with Crippen LogP contribution in [0.2, 0.25) is 0 Å². The van der Waals surface area contributed by atoms with E-state index >= 15 is 0 Å². The normalized spacial score (nSPS) is 11.1. The van der Waals surface area contributed by atoms with Crippen LogP contribution in [-0.2, 0) is 34.2 Å². The van der Waals surface area contributed by atoms with Crippen LogP contribution in [0.15, 0.2) is 89.9 Å². The average molecular weight is 611 g/mol. The Morgan fingerprint density at radius 3 is 1.48 bits per heavy atom. The van der Waals surface area contributed by atoms with Crippen LogP contribution in [0.25, 0.3) is 32.9 Å². The second-order valence-corrected chi connectivity index (χ2v) is 7.10. The molecule has 0 spiro atoms. The summed E-state index contributed by atoms with van der Waals surface area (Å²) in [6.45, 7) is 5.65. The summed E-state index contributed by atoms with van der Waals surface area (Å²) in [5.74, 6) is 0. The Morgan fingerprint density at radius 1 is 0.667 bits per heavy atom. The Hall–Kier alpha value is -3.16. The summed E-state index contributed by atoms with van der Waals surface area (Å²) in [4.78, 5) is 3.00. The van der Waals surface area contributed by atoms with Gasteiger partial charge in [-0.25, -0.2) is 0 Å². The van der Waals surface area contributed by atoms with Crippen LogP contribution in [0.4, 0.5) is 11.4 Å². The van der Waals surface area contributed by atoms with Gasteiger partial charge in [0.1, 0.15) is 0 Å². The molecule has 4 heteroatoms. The Morgan fingerprint density at radius 2 is 1.06 bits per heavy atom. The van der Waals surface area contributed by atoms with Crippen molar-refractivity contribution in [1.82, 2.24) is 0 Å². The SMILES string of the molecule is [CH-]=NC.[CH3-].[Pt].[c-]1c2cccc1-c1ccccc1[N-]Cc1[c-]c(ccc1)-c1ccccc1[N-]C2. The predicted molar refractivity (Wildman–Crippen MR) is 136 cm³/mol. The monoisotopic (exact) mass is 610 g/mol. The first-order valence-electron chi connectivity index (χ1n) is 10.1. The molecule has 1 heterocycles. The second-order valence-electron chi connectivity index (χ2n) is 7.10. The van der Waals surface area contributed by atoms with Crippen LogP contribution in [-0.4, -0.2) is 13.8 Å². The molecule has 0 N–H and O–H groups in total. The third-order valence-electron chi connectivity index (χ3n) is 4.94. The number of nitrogens with zero attached hydrogens (tertiary/aromatic N) is 3. The Balaban J connectivity index is 0.000000733. The summed E-state index contributed by atoms with van der Waals surface area (Å²) in [5, 5.41) is 9.77. The van der Waals surface area contributed by atoms with Gasteiger partial charge in [-0.1, -0.05) is 48.5 Å². The minimum Gasteiger partial charge on any atom is -0.689 e. The van der Waals surface area contributed by atoms with Crippen molar-refractivity contribution in [1.29, 1.82) is 0 Å². The maximum Gasteiger partial charge on any atom is 0 e. The molecular formula is C29H25N3Pt-6. The molecule has 4 bridgehead atoms. The van der Waals surface area contributed by atoms with Gasteiger partial charge in [-0.05, 0) is 7.05 Å². The molecule has 0 aliphatic carbocycles. The minimum atomic E-state index is 0. The standard InChI is InChI=1S/C26H18N2.C2H4N.CH3.Pt/c1-3-13-25-23(11-1)21-9-5-7-19(15-21)18-28-26-14-4-2-12-24(26)22-10-6-8-20(16-22)17-27-25;1-3-2;;/h1-14H,17-18H2;1H,2H3;1H3;/q-4;2*-1;. The van der Waals surface area contributed by atoms with Crippen LogP contribution in [0.1, 0.15) is 11.1 Å². The molecule has 4 aromatic carbocycles. The van der Waals surface area contributed by atoms with Crippen molar-refractivity contribution in [3.63, 3.8) is 0 Å². The van der Waals surface area contributed by atoms with E-state index in [0.717, 1.165) is 44.8 Å². The van der Waals surface area contributed by atoms with Gasteiger partial charge in [-0.2, -0.15) is 11.4 Å². The van der Waals surface area contributed by atoms with E-state index in [2.05, 4.69) is 84.5 Å². The summed E-state index contributed by atoms with van der Waals surface area (Å²) in [6.07, 6.45) is 0. The fourth-order valence-corrected chi connectivity index (χ4v) is 3.55. The van der Waals surface area contributed by atoms with E-state index in [1.165, 1.54) is 7.05 Å². The van der Waals surface area contributed by atoms with Crippen molar-refractivity contribution in [2.24, 2.45) is 4.99 Å². The molecule has 0 unspecified atom stereocenters. The molecule has 0 amide bonds. The fourth-order valence-electron chi connectivity index (χ4n) is 3.55. The number of rotatable bonds is 0. The maximum absolute atomic E-state index is 4.88. The van der Waals surface area contributed by atoms with E-state index in [0.29, 0.717) is 13.1 Å². The number of hydrogen-bond donors (Lipinski definition) is 0. The predicted octanol–water partition coefficient (Wildman–Crippen LogP) is 7.99. The van der Waals surface area contributed by atoms with E-state index in [9.17, 15) is 0 Å². The molecule has 0 saturated heterocycles. The molecule has 0 atom stereocenters. The Bertz CT molecular complexity index is 1100. The smallest absolute Gasteiger partial charge is 0 e. The van der Waals surface area contributed by atoms with Gasteiger partial charge in [0.15, 0.2) is 0 Å². The van der Waals surface area contributed by atoms with Crippen LogP contribution in [0.5, 0.6) is 0 Å². The van der Waals surface area contributed by atoms with Gasteiger partial charge in [0.2, 0.25) is 0 Å². The Labute approximate surface area is 212 Å². The van der Waals surface area contributed by atoms with Crippen molar-refractivity contribution in [3.05, 3.63) is 126 Å². The first-order valence-corrected chi connectivity index (χ1v) is 10.1. The zero-order valence-corrected chi connectivity index (χ0v) is 21.0. The third kappa shape index (κ3) is 6.43. The summed E-state index contributed by atoms with van der Waals surface area (Å²) < 4.78 is 0. The molecule has 0 radical (unpaired) electrons. The van der Waals surface area contributed by atoms with E-state index in [1.54, 1.807) is 0 Å². The Kier molecular flexibility index (Phi) is 10.1. The molecule has 0 saturated carbocycles. The molecule has 0 aromatic heterocycles. The zero-order chi connectivity index (χ0) is 21.5. The minimum absolute atomic E-state index is 0. The third-order valence-corrected chi connectivity index (χ3v) is 4.94. The quantitative estimate of drug-likeness (QED) is 0.143. The van der Waals surface area contributed by atoms with Crippen molar-refractivity contribution in [2.75, 3.05) is 7.05 Å². The van der Waals surface area contributed by atoms with Crippen molar-refractivity contribution in [2.45, 2.75) is 13.1 Å². The number of benzene rings is 4. The van der Waals surface area contributed by atoms with E-state index in [4.69, 9.17) is 10.6 Å². The van der Waals surface area contributed by atoms with E-state index in [1.807, 2.05) is 24.3 Å². The maximum atomic E-state index is 4.88. The van der Waals surface area contributed by atoms with Gasteiger partial charge >= 0.3 is 0 Å². The van der Waals surface area contributed by atoms with E-state index in [-0.39, 0.29) is 28.5 Å². The van der Waals surface area contributed by atoms with Gasteiger partial charge in [0.25, 0.3) is 0 Å². The molecule has 172 valence electrons. The number of fused-ring (bicyclic) bond motifs is 8. The molecular weight excluding hydrogens is 585 g/mol. The molecule has 5 rings (SSSR count). The molecule has 1 aliphatic heterocycles.